The van der Waals surface area contributed by atoms with Crippen LogP contribution in [0.4, 0.5) is 5.69 Å². The molecule has 9 heteroatoms. The number of nitrogens with one attached hydrogen (secondary N) is 1. The number of aromatic nitrogens is 4. The summed E-state index contributed by atoms with van der Waals surface area (Å²) in [6, 6.07) is 7.46. The van der Waals surface area contributed by atoms with Crippen molar-refractivity contribution in [1.82, 2.24) is 25.1 Å². The van der Waals surface area contributed by atoms with E-state index in [1.807, 2.05) is 45.3 Å². The zero-order valence-corrected chi connectivity index (χ0v) is 15.6. The van der Waals surface area contributed by atoms with Crippen LogP contribution >= 0.6 is 27.7 Å². The number of carbonyl (C=O) groups excluding carboxylic acids is 1. The second kappa shape index (κ2) is 8.42. The second-order valence-electron chi connectivity index (χ2n) is 5.24. The molecule has 0 saturated heterocycles. The first-order valence-corrected chi connectivity index (χ1v) is 8.77. The van der Waals surface area contributed by atoms with Gasteiger partial charge in [-0.1, -0.05) is 27.7 Å². The first-order valence-electron chi connectivity index (χ1n) is 7.09. The van der Waals surface area contributed by atoms with E-state index in [2.05, 4.69) is 41.7 Å². The zero-order chi connectivity index (χ0) is 16.8. The van der Waals surface area contributed by atoms with E-state index < -0.39 is 0 Å². The van der Waals surface area contributed by atoms with Gasteiger partial charge in [0.2, 0.25) is 11.1 Å². The van der Waals surface area contributed by atoms with Crippen molar-refractivity contribution in [2.75, 3.05) is 26.0 Å². The number of hydrogen-bond donors (Lipinski definition) is 1. The van der Waals surface area contributed by atoms with Gasteiger partial charge in [0.25, 0.3) is 0 Å². The Morgan fingerprint density at radius 2 is 2.09 bits per heavy atom. The molecule has 1 N–H and O–H groups in total. The highest BCUT2D eigenvalue weighted by Gasteiger charge is 2.18. The van der Waals surface area contributed by atoms with Crippen molar-refractivity contribution >= 4 is 39.3 Å². The maximum absolute atomic E-state index is 12.3. The third-order valence-electron chi connectivity index (χ3n) is 3.02. The predicted molar refractivity (Wildman–Crippen MR) is 94.5 cm³/mol. The van der Waals surface area contributed by atoms with E-state index in [1.165, 1.54) is 11.8 Å². The lowest BCUT2D eigenvalue weighted by Gasteiger charge is -2.13. The summed E-state index contributed by atoms with van der Waals surface area (Å²) >= 11 is 4.71. The van der Waals surface area contributed by atoms with Crippen LogP contribution in [0.15, 0.2) is 33.9 Å². The summed E-state index contributed by atoms with van der Waals surface area (Å²) in [5.41, 5.74) is 0.762. The van der Waals surface area contributed by atoms with Crippen LogP contribution in [0.2, 0.25) is 0 Å². The molecule has 0 aliphatic rings. The Balaban J connectivity index is 1.93. The molecule has 23 heavy (non-hydrogen) atoms. The van der Waals surface area contributed by atoms with Gasteiger partial charge in [-0.05, 0) is 55.7 Å². The lowest BCUT2D eigenvalue weighted by atomic mass is 10.3. The number of tetrazole rings is 1. The fourth-order valence-corrected chi connectivity index (χ4v) is 2.78. The molecule has 2 rings (SSSR count). The molecule has 1 aromatic heterocycles. The van der Waals surface area contributed by atoms with Gasteiger partial charge in [0.05, 0.1) is 11.8 Å². The van der Waals surface area contributed by atoms with Crippen LogP contribution in [0.3, 0.4) is 0 Å². The fourth-order valence-electron chi connectivity index (χ4n) is 1.70. The second-order valence-corrected chi connectivity index (χ2v) is 7.47. The molecule has 7 nitrogen and oxygen atoms in total. The molecule has 1 atom stereocenters. The lowest BCUT2D eigenvalue weighted by Crippen LogP contribution is -2.24. The number of hydrogen-bond acceptors (Lipinski definition) is 6. The summed E-state index contributed by atoms with van der Waals surface area (Å²) in [6.45, 7) is 3.35. The fraction of sp³-hybridized carbons (Fsp3) is 0.429. The highest BCUT2D eigenvalue weighted by Crippen LogP contribution is 2.22. The molecule has 1 unspecified atom stereocenters. The topological polar surface area (TPSA) is 75.9 Å². The summed E-state index contributed by atoms with van der Waals surface area (Å²) < 4.78 is 2.69. The van der Waals surface area contributed by atoms with Crippen molar-refractivity contribution in [3.63, 3.8) is 0 Å². The molecule has 0 aliphatic carbocycles. The summed E-state index contributed by atoms with van der Waals surface area (Å²) in [6.07, 6.45) is 0. The van der Waals surface area contributed by atoms with E-state index >= 15 is 0 Å². The smallest absolute Gasteiger partial charge is 0.237 e. The number of amides is 1. The van der Waals surface area contributed by atoms with E-state index in [9.17, 15) is 4.79 Å². The van der Waals surface area contributed by atoms with Crippen LogP contribution in [0.5, 0.6) is 0 Å². The van der Waals surface area contributed by atoms with Crippen molar-refractivity contribution in [3.05, 3.63) is 28.7 Å². The number of benzene rings is 1. The molecule has 0 saturated carbocycles. The van der Waals surface area contributed by atoms with Crippen LogP contribution in [0.25, 0.3) is 0 Å². The molecule has 0 spiro atoms. The van der Waals surface area contributed by atoms with Crippen molar-refractivity contribution in [3.8, 4) is 0 Å². The van der Waals surface area contributed by atoms with Crippen LogP contribution in [0.1, 0.15) is 6.92 Å². The van der Waals surface area contributed by atoms with Crippen molar-refractivity contribution in [2.45, 2.75) is 23.9 Å². The van der Waals surface area contributed by atoms with Gasteiger partial charge in [-0.3, -0.25) is 4.79 Å². The number of carbonyl (C=O) groups is 1. The zero-order valence-electron chi connectivity index (χ0n) is 13.2. The van der Waals surface area contributed by atoms with Crippen LogP contribution in [0, 0.1) is 0 Å². The van der Waals surface area contributed by atoms with Gasteiger partial charge >= 0.3 is 0 Å². The molecule has 1 heterocycles. The molecule has 2 aromatic rings. The van der Waals surface area contributed by atoms with Crippen LogP contribution < -0.4 is 5.32 Å². The SMILES string of the molecule is CC(Sc1nnnn1CCN(C)C)C(=O)Nc1ccc(Br)cc1. The van der Waals surface area contributed by atoms with E-state index in [4.69, 9.17) is 0 Å². The van der Waals surface area contributed by atoms with E-state index in [0.29, 0.717) is 11.7 Å². The van der Waals surface area contributed by atoms with E-state index in [0.717, 1.165) is 16.7 Å². The van der Waals surface area contributed by atoms with Crippen molar-refractivity contribution < 1.29 is 4.79 Å². The monoisotopic (exact) mass is 398 g/mol. The highest BCUT2D eigenvalue weighted by molar-refractivity contribution is 9.10. The molecule has 0 radical (unpaired) electrons. The highest BCUT2D eigenvalue weighted by atomic mass is 79.9. The molecule has 124 valence electrons. The Kier molecular flexibility index (Phi) is 6.55. The molecule has 1 aromatic carbocycles. The normalized spacial score (nSPS) is 12.4. The number of thioether (sulfide) groups is 1. The largest absolute Gasteiger partial charge is 0.325 e. The number of anilines is 1. The lowest BCUT2D eigenvalue weighted by molar-refractivity contribution is -0.115. The van der Waals surface area contributed by atoms with Gasteiger partial charge in [-0.15, -0.1) is 5.10 Å². The predicted octanol–water partition coefficient (Wildman–Crippen LogP) is 2.12. The number of nitrogens with zero attached hydrogens (tertiary/aromatic N) is 5. The molecule has 0 aliphatic heterocycles. The van der Waals surface area contributed by atoms with E-state index in [-0.39, 0.29) is 11.2 Å². The minimum Gasteiger partial charge on any atom is -0.325 e. The molecular formula is C14H19BrN6OS. The standard InChI is InChI=1S/C14H19BrN6OS/c1-10(13(22)16-12-6-4-11(15)5-7-12)23-14-17-18-19-21(14)9-8-20(2)3/h4-7,10H,8-9H2,1-3H3,(H,16,22). The van der Waals surface area contributed by atoms with Gasteiger partial charge in [-0.25, -0.2) is 4.68 Å². The maximum atomic E-state index is 12.3. The number of halogens is 1. The minimum absolute atomic E-state index is 0.0838. The maximum Gasteiger partial charge on any atom is 0.237 e. The average molecular weight is 399 g/mol. The summed E-state index contributed by atoms with van der Waals surface area (Å²) in [5.74, 6) is -0.0838. The summed E-state index contributed by atoms with van der Waals surface area (Å²) in [5, 5.41) is 14.9. The Hall–Kier alpha value is -1.45. The van der Waals surface area contributed by atoms with Gasteiger partial charge in [0.1, 0.15) is 0 Å². The van der Waals surface area contributed by atoms with Gasteiger partial charge in [0.15, 0.2) is 0 Å². The summed E-state index contributed by atoms with van der Waals surface area (Å²) in [4.78, 5) is 14.3. The molecule has 0 bridgehead atoms. The van der Waals surface area contributed by atoms with Crippen LogP contribution in [-0.2, 0) is 11.3 Å². The first-order chi connectivity index (χ1) is 11.0. The van der Waals surface area contributed by atoms with Crippen molar-refractivity contribution in [1.29, 1.82) is 0 Å². The Bertz CT molecular complexity index is 645. The summed E-state index contributed by atoms with van der Waals surface area (Å²) in [7, 11) is 3.98. The van der Waals surface area contributed by atoms with Gasteiger partial charge in [0, 0.05) is 16.7 Å². The van der Waals surface area contributed by atoms with Gasteiger partial charge < -0.3 is 10.2 Å². The molecular weight excluding hydrogens is 380 g/mol. The minimum atomic E-state index is -0.303. The number of rotatable bonds is 7. The third kappa shape index (κ3) is 5.60. The first kappa shape index (κ1) is 17.9. The Labute approximate surface area is 147 Å². The Morgan fingerprint density at radius 1 is 1.39 bits per heavy atom. The molecule has 1 amide bonds. The molecule has 0 fully saturated rings. The van der Waals surface area contributed by atoms with Crippen LogP contribution in [-0.4, -0.2) is 56.9 Å². The third-order valence-corrected chi connectivity index (χ3v) is 4.62. The van der Waals surface area contributed by atoms with Crippen molar-refractivity contribution in [2.24, 2.45) is 0 Å². The number of likely N-dealkylation sites (N-methyl/N-ethyl adjacent to an activating group) is 1. The van der Waals surface area contributed by atoms with E-state index in [1.54, 1.807) is 4.68 Å². The average Bonchev–Trinajstić information content (AvgIpc) is 2.94. The quantitative estimate of drug-likeness (QED) is 0.719. The Morgan fingerprint density at radius 3 is 2.74 bits per heavy atom. The van der Waals surface area contributed by atoms with Gasteiger partial charge in [-0.2, -0.15) is 0 Å².